The minimum Gasteiger partial charge on any atom is -0.493 e. The van der Waals surface area contributed by atoms with Crippen LogP contribution in [-0.4, -0.2) is 27.7 Å². The van der Waals surface area contributed by atoms with Crippen molar-refractivity contribution in [2.24, 2.45) is 5.10 Å². The summed E-state index contributed by atoms with van der Waals surface area (Å²) in [6.07, 6.45) is 1.68. The van der Waals surface area contributed by atoms with Crippen LogP contribution in [0.3, 0.4) is 0 Å². The first-order valence-corrected chi connectivity index (χ1v) is 8.17. The summed E-state index contributed by atoms with van der Waals surface area (Å²) in [6.45, 7) is 2.50. The molecule has 7 heteroatoms. The largest absolute Gasteiger partial charge is 0.493 e. The van der Waals surface area contributed by atoms with Gasteiger partial charge in [-0.1, -0.05) is 35.9 Å². The molecule has 0 aliphatic carbocycles. The Morgan fingerprint density at radius 3 is 2.92 bits per heavy atom. The van der Waals surface area contributed by atoms with Crippen LogP contribution in [0.25, 0.3) is 11.4 Å². The molecule has 5 nitrogen and oxygen atoms in total. The number of rotatable bonds is 5. The van der Waals surface area contributed by atoms with Gasteiger partial charge in [0.2, 0.25) is 4.77 Å². The van der Waals surface area contributed by atoms with Gasteiger partial charge in [0, 0.05) is 5.02 Å². The lowest BCUT2D eigenvalue weighted by atomic mass is 10.2. The zero-order valence-electron chi connectivity index (χ0n) is 12.9. The minimum atomic E-state index is 0.398. The molecular formula is C17H15ClN4OS. The van der Waals surface area contributed by atoms with Gasteiger partial charge in [-0.3, -0.25) is 0 Å². The van der Waals surface area contributed by atoms with Crippen molar-refractivity contribution < 1.29 is 4.74 Å². The molecule has 1 N–H and O–H groups in total. The van der Waals surface area contributed by atoms with Crippen molar-refractivity contribution in [3.05, 3.63) is 63.9 Å². The fourth-order valence-corrected chi connectivity index (χ4v) is 2.60. The van der Waals surface area contributed by atoms with Crippen LogP contribution in [0.15, 0.2) is 53.6 Å². The van der Waals surface area contributed by atoms with E-state index in [-0.39, 0.29) is 0 Å². The van der Waals surface area contributed by atoms with Gasteiger partial charge in [-0.15, -0.1) is 0 Å². The molecule has 0 unspecified atom stereocenters. The highest BCUT2D eigenvalue weighted by atomic mass is 35.5. The first kappa shape index (κ1) is 16.4. The van der Waals surface area contributed by atoms with E-state index in [1.54, 1.807) is 10.9 Å². The number of nitrogens with zero attached hydrogens (tertiary/aromatic N) is 3. The minimum absolute atomic E-state index is 0.398. The number of hydrogen-bond acceptors (Lipinski definition) is 4. The summed E-state index contributed by atoms with van der Waals surface area (Å²) in [4.78, 5) is 0. The molecule has 2 aromatic carbocycles. The van der Waals surface area contributed by atoms with E-state index in [0.29, 0.717) is 22.2 Å². The SMILES string of the molecule is CCOc1ccccc1-c1n[nH]c(=S)n1/N=C\c1cccc(Cl)c1. The first-order valence-electron chi connectivity index (χ1n) is 7.38. The molecular weight excluding hydrogens is 344 g/mol. The van der Waals surface area contributed by atoms with Gasteiger partial charge in [-0.05, 0) is 49.0 Å². The van der Waals surface area contributed by atoms with Crippen molar-refractivity contribution in [2.45, 2.75) is 6.92 Å². The van der Waals surface area contributed by atoms with Gasteiger partial charge in [0.1, 0.15) is 5.75 Å². The number of benzene rings is 2. The Hall–Kier alpha value is -2.44. The number of aromatic nitrogens is 3. The predicted octanol–water partition coefficient (Wildman–Crippen LogP) is 4.54. The van der Waals surface area contributed by atoms with Gasteiger partial charge in [0.15, 0.2) is 5.82 Å². The molecule has 0 radical (unpaired) electrons. The molecule has 0 saturated heterocycles. The third kappa shape index (κ3) is 3.55. The third-order valence-corrected chi connectivity index (χ3v) is 3.75. The molecule has 122 valence electrons. The average Bonchev–Trinajstić information content (AvgIpc) is 2.94. The van der Waals surface area contributed by atoms with Crippen molar-refractivity contribution in [2.75, 3.05) is 6.61 Å². The zero-order valence-corrected chi connectivity index (χ0v) is 14.5. The fourth-order valence-electron chi connectivity index (χ4n) is 2.22. The second kappa shape index (κ2) is 7.42. The van der Waals surface area contributed by atoms with E-state index in [1.807, 2.05) is 55.5 Å². The van der Waals surface area contributed by atoms with E-state index in [9.17, 15) is 0 Å². The van der Waals surface area contributed by atoms with Crippen LogP contribution in [0.1, 0.15) is 12.5 Å². The Labute approximate surface area is 149 Å². The quantitative estimate of drug-likeness (QED) is 0.538. The summed E-state index contributed by atoms with van der Waals surface area (Å²) in [5.41, 5.74) is 1.68. The van der Waals surface area contributed by atoms with Gasteiger partial charge in [0.25, 0.3) is 0 Å². The molecule has 0 atom stereocenters. The van der Waals surface area contributed by atoms with Crippen molar-refractivity contribution in [1.82, 2.24) is 14.9 Å². The number of nitrogens with one attached hydrogen (secondary N) is 1. The molecule has 1 heterocycles. The Balaban J connectivity index is 2.03. The molecule has 0 spiro atoms. The normalized spacial score (nSPS) is 11.1. The molecule has 0 aliphatic heterocycles. The second-order valence-corrected chi connectivity index (χ2v) is 5.72. The van der Waals surface area contributed by atoms with Crippen LogP contribution in [0, 0.1) is 4.77 Å². The van der Waals surface area contributed by atoms with Gasteiger partial charge in [-0.25, -0.2) is 5.10 Å². The smallest absolute Gasteiger partial charge is 0.216 e. The summed E-state index contributed by atoms with van der Waals surface area (Å²) < 4.78 is 7.62. The zero-order chi connectivity index (χ0) is 16.9. The summed E-state index contributed by atoms with van der Waals surface area (Å²) in [6, 6.07) is 15.0. The number of ether oxygens (including phenoxy) is 1. The number of hydrogen-bond donors (Lipinski definition) is 1. The van der Waals surface area contributed by atoms with Gasteiger partial charge >= 0.3 is 0 Å². The second-order valence-electron chi connectivity index (χ2n) is 4.89. The highest BCUT2D eigenvalue weighted by Gasteiger charge is 2.13. The van der Waals surface area contributed by atoms with E-state index in [2.05, 4.69) is 15.3 Å². The Morgan fingerprint density at radius 1 is 1.29 bits per heavy atom. The lowest BCUT2D eigenvalue weighted by Crippen LogP contribution is -1.99. The summed E-state index contributed by atoms with van der Waals surface area (Å²) in [5, 5.41) is 12.1. The van der Waals surface area contributed by atoms with E-state index < -0.39 is 0 Å². The van der Waals surface area contributed by atoms with Gasteiger partial charge in [0.05, 0.1) is 18.4 Å². The molecule has 0 amide bonds. The van der Waals surface area contributed by atoms with Crippen LogP contribution in [0.2, 0.25) is 5.02 Å². The van der Waals surface area contributed by atoms with Crippen LogP contribution >= 0.6 is 23.8 Å². The number of H-pyrrole nitrogens is 1. The van der Waals surface area contributed by atoms with Crippen LogP contribution < -0.4 is 4.74 Å². The maximum atomic E-state index is 6.00. The van der Waals surface area contributed by atoms with Crippen LogP contribution in [-0.2, 0) is 0 Å². The van der Waals surface area contributed by atoms with Crippen LogP contribution in [0.4, 0.5) is 0 Å². The number of aromatic amines is 1. The van der Waals surface area contributed by atoms with Crippen molar-refractivity contribution in [3.8, 4) is 17.1 Å². The maximum Gasteiger partial charge on any atom is 0.216 e. The first-order chi connectivity index (χ1) is 11.7. The number of halogens is 1. The monoisotopic (exact) mass is 358 g/mol. The van der Waals surface area contributed by atoms with E-state index in [4.69, 9.17) is 28.6 Å². The van der Waals surface area contributed by atoms with Crippen molar-refractivity contribution in [3.63, 3.8) is 0 Å². The average molecular weight is 359 g/mol. The Kier molecular flexibility index (Phi) is 5.08. The lowest BCUT2D eigenvalue weighted by molar-refractivity contribution is 0.341. The Morgan fingerprint density at radius 2 is 2.12 bits per heavy atom. The van der Waals surface area contributed by atoms with Gasteiger partial charge in [-0.2, -0.15) is 14.9 Å². The standard InChI is InChI=1S/C17H15ClN4OS/c1-2-23-15-9-4-3-8-14(15)16-20-21-17(24)22(16)19-11-12-6-5-7-13(18)10-12/h3-11H,2H2,1H3,(H,21,24)/b19-11-. The van der Waals surface area contributed by atoms with E-state index >= 15 is 0 Å². The van der Waals surface area contributed by atoms with Crippen molar-refractivity contribution in [1.29, 1.82) is 0 Å². The topological polar surface area (TPSA) is 55.2 Å². The molecule has 24 heavy (non-hydrogen) atoms. The molecule has 1 aromatic heterocycles. The highest BCUT2D eigenvalue weighted by molar-refractivity contribution is 7.71. The summed E-state index contributed by atoms with van der Waals surface area (Å²) >= 11 is 11.3. The molecule has 0 fully saturated rings. The van der Waals surface area contributed by atoms with E-state index in [0.717, 1.165) is 16.9 Å². The maximum absolute atomic E-state index is 6.00. The fraction of sp³-hybridized carbons (Fsp3) is 0.118. The van der Waals surface area contributed by atoms with Crippen molar-refractivity contribution >= 4 is 30.0 Å². The molecule has 3 rings (SSSR count). The number of para-hydroxylation sites is 1. The predicted molar refractivity (Wildman–Crippen MR) is 98.5 cm³/mol. The summed E-state index contributed by atoms with van der Waals surface area (Å²) in [7, 11) is 0. The summed E-state index contributed by atoms with van der Waals surface area (Å²) in [5.74, 6) is 1.32. The molecule has 0 bridgehead atoms. The molecule has 0 saturated carbocycles. The molecule has 0 aliphatic rings. The lowest BCUT2D eigenvalue weighted by Gasteiger charge is -2.08. The van der Waals surface area contributed by atoms with E-state index in [1.165, 1.54) is 0 Å². The van der Waals surface area contributed by atoms with Gasteiger partial charge < -0.3 is 4.74 Å². The highest BCUT2D eigenvalue weighted by Crippen LogP contribution is 2.28. The van der Waals surface area contributed by atoms with Crippen LogP contribution in [0.5, 0.6) is 5.75 Å². The Bertz CT molecular complexity index is 932. The third-order valence-electron chi connectivity index (χ3n) is 3.25. The molecule has 3 aromatic rings.